The van der Waals surface area contributed by atoms with Crippen molar-refractivity contribution in [2.45, 2.75) is 50.0 Å². The van der Waals surface area contributed by atoms with Crippen LogP contribution in [0.15, 0.2) is 62.8 Å². The van der Waals surface area contributed by atoms with E-state index in [1.54, 1.807) is 4.90 Å². The van der Waals surface area contributed by atoms with E-state index in [0.29, 0.717) is 17.5 Å². The van der Waals surface area contributed by atoms with E-state index in [4.69, 9.17) is 0 Å². The highest BCUT2D eigenvalue weighted by atomic mass is 79.9. The van der Waals surface area contributed by atoms with Gasteiger partial charge in [-0.05, 0) is 68.1 Å². The van der Waals surface area contributed by atoms with E-state index < -0.39 is 0 Å². The van der Waals surface area contributed by atoms with Gasteiger partial charge in [0, 0.05) is 28.5 Å². The van der Waals surface area contributed by atoms with Crippen LogP contribution in [0.3, 0.4) is 0 Å². The molecule has 1 fully saturated rings. The summed E-state index contributed by atoms with van der Waals surface area (Å²) in [6, 6.07) is 16.3. The molecular formula is C27H32BrN3O2S. The number of thioether (sulfide) groups is 1. The van der Waals surface area contributed by atoms with Gasteiger partial charge in [0.05, 0.1) is 10.6 Å². The molecule has 1 atom stereocenters. The molecule has 0 aliphatic carbocycles. The van der Waals surface area contributed by atoms with Gasteiger partial charge in [-0.2, -0.15) is 0 Å². The Morgan fingerprint density at radius 1 is 1.21 bits per heavy atom. The first-order valence-electron chi connectivity index (χ1n) is 12.1. The van der Waals surface area contributed by atoms with E-state index in [0.717, 1.165) is 40.1 Å². The predicted molar refractivity (Wildman–Crippen MR) is 144 cm³/mol. The normalized spacial score (nSPS) is 19.8. The Labute approximate surface area is 215 Å². The van der Waals surface area contributed by atoms with Crippen molar-refractivity contribution in [3.05, 3.63) is 63.5 Å². The van der Waals surface area contributed by atoms with Crippen molar-refractivity contribution in [1.82, 2.24) is 10.2 Å². The topological polar surface area (TPSA) is 52.7 Å². The average molecular weight is 543 g/mol. The molecule has 1 unspecified atom stereocenters. The molecule has 0 saturated carbocycles. The third-order valence-electron chi connectivity index (χ3n) is 6.44. The van der Waals surface area contributed by atoms with Crippen LogP contribution in [0.5, 0.6) is 0 Å². The second-order valence-corrected chi connectivity index (χ2v) is 10.8. The Hall–Kier alpha value is -2.09. The number of piperidine rings is 1. The van der Waals surface area contributed by atoms with Crippen molar-refractivity contribution >= 4 is 51.3 Å². The van der Waals surface area contributed by atoms with Gasteiger partial charge in [-0.1, -0.05) is 65.3 Å². The van der Waals surface area contributed by atoms with Gasteiger partial charge in [0.15, 0.2) is 0 Å². The van der Waals surface area contributed by atoms with Crippen LogP contribution in [0.4, 0.5) is 5.69 Å². The maximum atomic E-state index is 13.4. The number of fused-ring (bicyclic) bond motifs is 1. The van der Waals surface area contributed by atoms with Crippen LogP contribution in [0.2, 0.25) is 0 Å². The van der Waals surface area contributed by atoms with Gasteiger partial charge in [-0.3, -0.25) is 14.5 Å². The Kier molecular flexibility index (Phi) is 8.86. The number of nitrogens with zero attached hydrogens (tertiary/aromatic N) is 2. The molecule has 2 aromatic rings. The summed E-state index contributed by atoms with van der Waals surface area (Å²) in [4.78, 5) is 31.9. The fourth-order valence-electron chi connectivity index (χ4n) is 4.69. The minimum atomic E-state index is -0.141. The molecule has 34 heavy (non-hydrogen) atoms. The number of para-hydroxylation sites is 1. The molecule has 180 valence electrons. The summed E-state index contributed by atoms with van der Waals surface area (Å²) in [6.07, 6.45) is 7.89. The monoisotopic (exact) mass is 541 g/mol. The summed E-state index contributed by atoms with van der Waals surface area (Å²) < 4.78 is 0.960. The van der Waals surface area contributed by atoms with E-state index in [1.807, 2.05) is 54.6 Å². The molecule has 4 rings (SSSR count). The molecule has 1 saturated heterocycles. The lowest BCUT2D eigenvalue weighted by atomic mass is 10.00. The number of amides is 2. The lowest BCUT2D eigenvalue weighted by molar-refractivity contribution is -0.122. The van der Waals surface area contributed by atoms with Crippen molar-refractivity contribution in [3.8, 4) is 0 Å². The number of nitrogens with one attached hydrogen (secondary N) is 1. The molecule has 2 amide bonds. The van der Waals surface area contributed by atoms with Crippen LogP contribution in [-0.2, 0) is 9.59 Å². The molecule has 0 spiro atoms. The average Bonchev–Trinajstić information content (AvgIpc) is 2.84. The third kappa shape index (κ3) is 6.32. The van der Waals surface area contributed by atoms with Crippen LogP contribution in [0.25, 0.3) is 6.08 Å². The van der Waals surface area contributed by atoms with E-state index in [2.05, 4.69) is 33.1 Å². The number of anilines is 1. The van der Waals surface area contributed by atoms with E-state index >= 15 is 0 Å². The molecule has 2 aliphatic heterocycles. The molecule has 0 aromatic heterocycles. The highest BCUT2D eigenvalue weighted by molar-refractivity contribution is 9.10. The smallest absolute Gasteiger partial charge is 0.265 e. The van der Waals surface area contributed by atoms with E-state index in [9.17, 15) is 9.59 Å². The maximum absolute atomic E-state index is 13.4. The van der Waals surface area contributed by atoms with E-state index in [-0.39, 0.29) is 18.4 Å². The van der Waals surface area contributed by atoms with E-state index in [1.165, 1.54) is 37.4 Å². The molecular weight excluding hydrogens is 510 g/mol. The van der Waals surface area contributed by atoms with Crippen molar-refractivity contribution in [1.29, 1.82) is 0 Å². The highest BCUT2D eigenvalue weighted by Crippen LogP contribution is 2.42. The zero-order valence-corrected chi connectivity index (χ0v) is 22.0. The summed E-state index contributed by atoms with van der Waals surface area (Å²) in [5.74, 6) is -0.263. The Morgan fingerprint density at radius 2 is 2.06 bits per heavy atom. The molecule has 5 nitrogen and oxygen atoms in total. The lowest BCUT2D eigenvalue weighted by Gasteiger charge is -2.35. The fourth-order valence-corrected chi connectivity index (χ4v) is 6.17. The van der Waals surface area contributed by atoms with Crippen LogP contribution < -0.4 is 10.2 Å². The largest absolute Gasteiger partial charge is 0.355 e. The van der Waals surface area contributed by atoms with Crippen LogP contribution >= 0.6 is 27.7 Å². The Balaban J connectivity index is 1.38. The zero-order valence-electron chi connectivity index (χ0n) is 19.6. The molecule has 2 aliphatic rings. The molecule has 2 aromatic carbocycles. The lowest BCUT2D eigenvalue weighted by Crippen LogP contribution is -2.44. The molecule has 7 heteroatoms. The van der Waals surface area contributed by atoms with Crippen LogP contribution in [0, 0.1) is 0 Å². The number of likely N-dealkylation sites (tertiary alicyclic amines) is 1. The second kappa shape index (κ2) is 12.0. The Morgan fingerprint density at radius 3 is 2.88 bits per heavy atom. The second-order valence-electron chi connectivity index (χ2n) is 8.82. The summed E-state index contributed by atoms with van der Waals surface area (Å²) >= 11 is 4.94. The Bertz CT molecular complexity index is 1060. The first-order valence-corrected chi connectivity index (χ1v) is 13.7. The number of benzene rings is 2. The first-order chi connectivity index (χ1) is 16.5. The van der Waals surface area contributed by atoms with Gasteiger partial charge in [0.25, 0.3) is 5.91 Å². The minimum Gasteiger partial charge on any atom is -0.355 e. The number of rotatable bonds is 8. The van der Waals surface area contributed by atoms with Gasteiger partial charge in [0.1, 0.15) is 6.54 Å². The number of carbonyl (C=O) groups is 2. The summed E-state index contributed by atoms with van der Waals surface area (Å²) in [7, 11) is 0. The third-order valence-corrected chi connectivity index (χ3v) is 8.02. The van der Waals surface area contributed by atoms with Gasteiger partial charge < -0.3 is 10.2 Å². The SMILES string of the molecule is CCC1CCCCN1CCCNC(=O)CN1C(=O)/C(=C\c2cccc(Br)c2)Sc2ccccc21. The first kappa shape index (κ1) is 25.0. The van der Waals surface area contributed by atoms with Crippen molar-refractivity contribution < 1.29 is 9.59 Å². The number of hydrogen-bond donors (Lipinski definition) is 1. The van der Waals surface area contributed by atoms with Gasteiger partial charge in [-0.15, -0.1) is 0 Å². The number of halogens is 1. The minimum absolute atomic E-state index is 0.0214. The number of carbonyl (C=O) groups excluding carboxylic acids is 2. The number of hydrogen-bond acceptors (Lipinski definition) is 4. The molecule has 0 radical (unpaired) electrons. The standard InChI is InChI=1S/C27H32BrN3O2S/c1-2-22-11-5-6-15-30(22)16-8-14-29-26(32)19-31-23-12-3-4-13-24(23)34-25(27(31)33)18-20-9-7-10-21(28)17-20/h3-4,7,9-10,12-13,17-18,22H,2,5-6,8,11,14-16,19H2,1H3,(H,29,32)/b25-18+. The summed E-state index contributed by atoms with van der Waals surface area (Å²) in [5, 5.41) is 3.03. The fraction of sp³-hybridized carbons (Fsp3) is 0.407. The van der Waals surface area contributed by atoms with Crippen LogP contribution in [0.1, 0.15) is 44.6 Å². The van der Waals surface area contributed by atoms with Gasteiger partial charge >= 0.3 is 0 Å². The summed E-state index contributed by atoms with van der Waals surface area (Å²) in [5.41, 5.74) is 1.73. The van der Waals surface area contributed by atoms with Crippen molar-refractivity contribution in [2.75, 3.05) is 31.1 Å². The summed E-state index contributed by atoms with van der Waals surface area (Å²) in [6.45, 7) is 5.09. The van der Waals surface area contributed by atoms with Gasteiger partial charge in [0.2, 0.25) is 5.91 Å². The predicted octanol–water partition coefficient (Wildman–Crippen LogP) is 5.70. The quantitative estimate of drug-likeness (QED) is 0.344. The van der Waals surface area contributed by atoms with Crippen molar-refractivity contribution in [3.63, 3.8) is 0 Å². The van der Waals surface area contributed by atoms with Crippen LogP contribution in [-0.4, -0.2) is 48.9 Å². The molecule has 1 N–H and O–H groups in total. The van der Waals surface area contributed by atoms with Crippen molar-refractivity contribution in [2.24, 2.45) is 0 Å². The zero-order chi connectivity index (χ0) is 23.9. The highest BCUT2D eigenvalue weighted by Gasteiger charge is 2.30. The van der Waals surface area contributed by atoms with Gasteiger partial charge in [-0.25, -0.2) is 0 Å². The molecule has 2 heterocycles. The molecule has 0 bridgehead atoms. The maximum Gasteiger partial charge on any atom is 0.265 e.